The van der Waals surface area contributed by atoms with Crippen molar-refractivity contribution in [2.75, 3.05) is 0 Å². The van der Waals surface area contributed by atoms with Crippen molar-refractivity contribution in [1.82, 2.24) is 19.5 Å². The first-order valence-corrected chi connectivity index (χ1v) is 14.9. The highest BCUT2D eigenvalue weighted by Gasteiger charge is 2.49. The molecule has 0 saturated heterocycles. The molecule has 0 bridgehead atoms. The van der Waals surface area contributed by atoms with Gasteiger partial charge in [-0.3, -0.25) is 0 Å². The van der Waals surface area contributed by atoms with Crippen molar-refractivity contribution in [3.63, 3.8) is 0 Å². The first-order chi connectivity index (χ1) is 19.8. The van der Waals surface area contributed by atoms with Gasteiger partial charge in [0.15, 0.2) is 6.04 Å². The third-order valence-corrected chi connectivity index (χ3v) is 9.50. The molecular formula is C31H28ClF3N4O2S. The minimum absolute atomic E-state index is 0.00509. The average molecular weight is 613 g/mol. The molecule has 1 atom stereocenters. The molecule has 3 aromatic carbocycles. The highest BCUT2D eigenvalue weighted by Crippen LogP contribution is 2.45. The van der Waals surface area contributed by atoms with E-state index in [0.29, 0.717) is 16.7 Å². The third-order valence-electron chi connectivity index (χ3n) is 7.13. The number of hydrogen-bond donors (Lipinski definition) is 1. The number of hydrogen-bond acceptors (Lipinski definition) is 4. The van der Waals surface area contributed by atoms with Crippen LogP contribution in [0.15, 0.2) is 103 Å². The highest BCUT2D eigenvalue weighted by atomic mass is 35.5. The Morgan fingerprint density at radius 2 is 1.26 bits per heavy atom. The fraction of sp³-hybridized carbons (Fsp3) is 0.226. The van der Waals surface area contributed by atoms with Crippen molar-refractivity contribution in [2.45, 2.75) is 43.3 Å². The Hall–Kier alpha value is -3.73. The Balaban J connectivity index is 1.94. The second-order valence-electron chi connectivity index (χ2n) is 10.8. The van der Waals surface area contributed by atoms with Gasteiger partial charge in [0.25, 0.3) is 0 Å². The van der Waals surface area contributed by atoms with Gasteiger partial charge in [-0.1, -0.05) is 103 Å². The van der Waals surface area contributed by atoms with E-state index < -0.39 is 38.2 Å². The summed E-state index contributed by atoms with van der Waals surface area (Å²) in [5.74, 6) is 0. The van der Waals surface area contributed by atoms with Crippen LogP contribution in [0.25, 0.3) is 10.9 Å². The Morgan fingerprint density at radius 3 is 1.67 bits per heavy atom. The molecule has 6 nitrogen and oxygen atoms in total. The topological polar surface area (TPSA) is 76.9 Å². The van der Waals surface area contributed by atoms with Crippen LogP contribution in [0.1, 0.15) is 49.2 Å². The number of aromatic nitrogens is 3. The summed E-state index contributed by atoms with van der Waals surface area (Å²) >= 11 is 6.34. The normalized spacial score (nSPS) is 13.8. The minimum atomic E-state index is -5.03. The molecule has 1 N–H and O–H groups in total. The van der Waals surface area contributed by atoms with Gasteiger partial charge in [0.1, 0.15) is 10.7 Å². The molecule has 0 radical (unpaired) electrons. The zero-order valence-electron chi connectivity index (χ0n) is 23.0. The summed E-state index contributed by atoms with van der Waals surface area (Å²) in [6, 6.07) is 26.6. The Bertz CT molecular complexity index is 1710. The van der Waals surface area contributed by atoms with E-state index in [1.807, 2.05) is 95.7 Å². The number of rotatable bonds is 7. The highest BCUT2D eigenvalue weighted by molar-refractivity contribution is 7.90. The van der Waals surface area contributed by atoms with Gasteiger partial charge in [-0.2, -0.15) is 23.0 Å². The average Bonchev–Trinajstić information content (AvgIpc) is 3.31. The largest absolute Gasteiger partial charge is 0.410 e. The second-order valence-corrected chi connectivity index (χ2v) is 13.7. The van der Waals surface area contributed by atoms with Crippen LogP contribution < -0.4 is 4.72 Å². The van der Waals surface area contributed by atoms with Crippen LogP contribution in [-0.4, -0.2) is 34.1 Å². The molecule has 0 spiro atoms. The van der Waals surface area contributed by atoms with Crippen molar-refractivity contribution in [3.8, 4) is 0 Å². The van der Waals surface area contributed by atoms with Crippen molar-refractivity contribution in [3.05, 3.63) is 131 Å². The summed E-state index contributed by atoms with van der Waals surface area (Å²) in [6.45, 7) is 3.98. The summed E-state index contributed by atoms with van der Waals surface area (Å²) in [6.07, 6.45) is -3.83. The van der Waals surface area contributed by atoms with Gasteiger partial charge in [-0.05, 0) is 37.5 Å². The monoisotopic (exact) mass is 612 g/mol. The number of nitrogens with one attached hydrogen (secondary N) is 1. The SMILES string of the molecule is CC(C)(C)S(=O)(=O)NC(c1nn(C(c2ccccc2)(c2ccccc2)c2ccccc2)c2cc(Cl)ncc12)C(F)(F)F. The van der Waals surface area contributed by atoms with E-state index in [9.17, 15) is 21.6 Å². The van der Waals surface area contributed by atoms with E-state index in [4.69, 9.17) is 11.6 Å². The predicted molar refractivity (Wildman–Crippen MR) is 158 cm³/mol. The first-order valence-electron chi connectivity index (χ1n) is 13.1. The summed E-state index contributed by atoms with van der Waals surface area (Å²) in [4.78, 5) is 4.06. The van der Waals surface area contributed by atoms with Crippen LogP contribution in [0.3, 0.4) is 0 Å². The Kier molecular flexibility index (Phi) is 7.67. The molecule has 0 amide bonds. The van der Waals surface area contributed by atoms with E-state index in [0.717, 1.165) is 0 Å². The minimum Gasteiger partial charge on any atom is -0.245 e. The quantitative estimate of drug-likeness (QED) is 0.155. The number of nitrogens with zero attached hydrogens (tertiary/aromatic N) is 3. The first kappa shape index (κ1) is 29.8. The summed E-state index contributed by atoms with van der Waals surface area (Å²) < 4.78 is 72.3. The fourth-order valence-electron chi connectivity index (χ4n) is 4.99. The number of alkyl halides is 3. The van der Waals surface area contributed by atoms with Gasteiger partial charge in [-0.15, -0.1) is 0 Å². The molecule has 0 aliphatic carbocycles. The Labute approximate surface area is 247 Å². The predicted octanol–water partition coefficient (Wildman–Crippen LogP) is 7.25. The van der Waals surface area contributed by atoms with Crippen molar-refractivity contribution in [1.29, 1.82) is 0 Å². The van der Waals surface area contributed by atoms with Gasteiger partial charge in [0.2, 0.25) is 10.0 Å². The number of fused-ring (bicyclic) bond motifs is 1. The maximum Gasteiger partial charge on any atom is 0.410 e. The van der Waals surface area contributed by atoms with Crippen molar-refractivity contribution < 1.29 is 21.6 Å². The van der Waals surface area contributed by atoms with Crippen LogP contribution in [-0.2, 0) is 15.6 Å². The molecule has 5 rings (SSSR count). The maximum absolute atomic E-state index is 14.8. The molecule has 2 heterocycles. The van der Waals surface area contributed by atoms with E-state index >= 15 is 0 Å². The third kappa shape index (κ3) is 5.19. The Morgan fingerprint density at radius 1 is 0.810 bits per heavy atom. The molecule has 11 heteroatoms. The van der Waals surface area contributed by atoms with Gasteiger partial charge in [-0.25, -0.2) is 18.1 Å². The van der Waals surface area contributed by atoms with Crippen LogP contribution in [0.5, 0.6) is 0 Å². The number of pyridine rings is 1. The lowest BCUT2D eigenvalue weighted by Gasteiger charge is -2.37. The van der Waals surface area contributed by atoms with Crippen molar-refractivity contribution in [2.24, 2.45) is 0 Å². The molecule has 0 fully saturated rings. The standard InChI is InChI=1S/C31H28ClF3N4O2S/c1-29(2,3)42(40,41)38-28(31(33,34)35)27-24-20-36-26(32)19-25(24)39(37-27)30(21-13-7-4-8-14-21,22-15-9-5-10-16-22)23-17-11-6-12-18-23/h4-20,28,38H,1-3H3. The molecule has 1 unspecified atom stereocenters. The zero-order chi connectivity index (χ0) is 30.3. The van der Waals surface area contributed by atoms with Crippen LogP contribution in [0.2, 0.25) is 5.15 Å². The van der Waals surface area contributed by atoms with Crippen LogP contribution in [0.4, 0.5) is 13.2 Å². The summed E-state index contributed by atoms with van der Waals surface area (Å²) in [7, 11) is -4.45. The number of benzene rings is 3. The lowest BCUT2D eigenvalue weighted by molar-refractivity contribution is -0.153. The van der Waals surface area contributed by atoms with Gasteiger partial charge < -0.3 is 0 Å². The molecule has 0 saturated carbocycles. The van der Waals surface area contributed by atoms with Crippen LogP contribution >= 0.6 is 11.6 Å². The smallest absolute Gasteiger partial charge is 0.245 e. The molecular weight excluding hydrogens is 585 g/mol. The van der Waals surface area contributed by atoms with E-state index in [-0.39, 0.29) is 16.1 Å². The lowest BCUT2D eigenvalue weighted by atomic mass is 9.77. The van der Waals surface area contributed by atoms with E-state index in [1.54, 1.807) is 0 Å². The molecule has 2 aromatic heterocycles. The second kappa shape index (κ2) is 10.8. The van der Waals surface area contributed by atoms with Gasteiger partial charge in [0.05, 0.1) is 16.0 Å². The molecule has 0 aliphatic rings. The zero-order valence-corrected chi connectivity index (χ0v) is 24.5. The number of halogens is 4. The maximum atomic E-state index is 14.8. The van der Waals surface area contributed by atoms with Gasteiger partial charge >= 0.3 is 6.18 Å². The van der Waals surface area contributed by atoms with Gasteiger partial charge in [0, 0.05) is 17.6 Å². The van der Waals surface area contributed by atoms with E-state index in [2.05, 4.69) is 10.1 Å². The molecule has 42 heavy (non-hydrogen) atoms. The molecule has 5 aromatic rings. The summed E-state index contributed by atoms with van der Waals surface area (Å²) in [5.41, 5.74) is 0.553. The summed E-state index contributed by atoms with van der Waals surface area (Å²) in [5, 5.41) is 4.68. The van der Waals surface area contributed by atoms with E-state index in [1.165, 1.54) is 37.7 Å². The number of sulfonamides is 1. The fourth-order valence-corrected chi connectivity index (χ4v) is 6.05. The lowest BCUT2D eigenvalue weighted by Crippen LogP contribution is -2.46. The molecule has 218 valence electrons. The molecule has 0 aliphatic heterocycles. The van der Waals surface area contributed by atoms with Crippen molar-refractivity contribution >= 4 is 32.5 Å². The van der Waals surface area contributed by atoms with Crippen LogP contribution in [0, 0.1) is 0 Å².